The second-order valence-corrected chi connectivity index (χ2v) is 21.2. The van der Waals surface area contributed by atoms with Crippen molar-refractivity contribution in [1.82, 2.24) is 4.31 Å². The Morgan fingerprint density at radius 2 is 1.63 bits per heavy atom. The number of hydrogen-bond donors (Lipinski definition) is 0. The first-order chi connectivity index (χ1) is 12.1. The molecular formula is C18H30ClNO4SSi2. The fraction of sp³-hybridized carbons (Fsp3) is 0.611. The van der Waals surface area contributed by atoms with Crippen LogP contribution in [0.25, 0.3) is 0 Å². The smallest absolute Gasteiger partial charge is 0.325 e. The topological polar surface area (TPSA) is 63.7 Å². The molecule has 2 atom stereocenters. The highest BCUT2D eigenvalue weighted by Crippen LogP contribution is 2.46. The van der Waals surface area contributed by atoms with Crippen LogP contribution in [0.2, 0.25) is 36.8 Å². The molecule has 5 nitrogen and oxygen atoms in total. The van der Waals surface area contributed by atoms with Crippen molar-refractivity contribution in [3.63, 3.8) is 0 Å². The standard InChI is InChI=1S/C18H30ClNO4SSi2/c1-18(2,3)27(6,7)24-17-15(13-16(21)20(17)25(19,22)23)26(4,5)14-11-9-8-10-12-14/h8-12,15,17H,13H2,1-7H3/t15-,17+/m1/s1. The molecule has 0 aliphatic carbocycles. The van der Waals surface area contributed by atoms with Crippen LogP contribution in [0.3, 0.4) is 0 Å². The minimum Gasteiger partial charge on any atom is -0.396 e. The lowest BCUT2D eigenvalue weighted by atomic mass is 10.2. The zero-order chi connectivity index (χ0) is 20.8. The molecule has 1 aliphatic rings. The van der Waals surface area contributed by atoms with Crippen molar-refractivity contribution in [2.75, 3.05) is 0 Å². The van der Waals surface area contributed by atoms with E-state index in [2.05, 4.69) is 59.1 Å². The maximum Gasteiger partial charge on any atom is 0.325 e. The first-order valence-electron chi connectivity index (χ1n) is 9.09. The Hall–Kier alpha value is -0.676. The largest absolute Gasteiger partial charge is 0.396 e. The highest BCUT2D eigenvalue weighted by atomic mass is 35.7. The molecule has 1 aliphatic heterocycles. The Bertz CT molecular complexity index is 806. The van der Waals surface area contributed by atoms with Crippen molar-refractivity contribution in [2.45, 2.75) is 70.2 Å². The molecule has 152 valence electrons. The number of benzene rings is 1. The Balaban J connectivity index is 2.54. The van der Waals surface area contributed by atoms with Crippen LogP contribution in [0.15, 0.2) is 30.3 Å². The van der Waals surface area contributed by atoms with E-state index in [0.29, 0.717) is 0 Å². The maximum absolute atomic E-state index is 12.7. The molecule has 0 aromatic heterocycles. The molecule has 1 aromatic carbocycles. The van der Waals surface area contributed by atoms with Gasteiger partial charge in [0.15, 0.2) is 8.32 Å². The van der Waals surface area contributed by atoms with E-state index >= 15 is 0 Å². The van der Waals surface area contributed by atoms with Gasteiger partial charge in [0.2, 0.25) is 5.91 Å². The van der Waals surface area contributed by atoms with Crippen molar-refractivity contribution >= 4 is 47.4 Å². The Morgan fingerprint density at radius 1 is 1.11 bits per heavy atom. The maximum atomic E-state index is 12.7. The van der Waals surface area contributed by atoms with Crippen LogP contribution in [-0.2, 0) is 18.5 Å². The first-order valence-corrected chi connectivity index (χ1v) is 17.3. The van der Waals surface area contributed by atoms with E-state index in [9.17, 15) is 13.2 Å². The molecule has 1 aromatic rings. The van der Waals surface area contributed by atoms with Gasteiger partial charge in [-0.1, -0.05) is 69.4 Å². The zero-order valence-corrected chi connectivity index (χ0v) is 20.7. The lowest BCUT2D eigenvalue weighted by Gasteiger charge is -2.43. The fourth-order valence-corrected chi connectivity index (χ4v) is 9.10. The van der Waals surface area contributed by atoms with Crippen molar-refractivity contribution in [3.8, 4) is 0 Å². The van der Waals surface area contributed by atoms with Gasteiger partial charge < -0.3 is 4.43 Å². The van der Waals surface area contributed by atoms with Gasteiger partial charge in [-0.3, -0.25) is 4.79 Å². The van der Waals surface area contributed by atoms with Gasteiger partial charge in [0.1, 0.15) is 6.23 Å². The van der Waals surface area contributed by atoms with Gasteiger partial charge in [0, 0.05) is 22.6 Å². The molecule has 9 heteroatoms. The third-order valence-electron chi connectivity index (χ3n) is 6.12. The van der Waals surface area contributed by atoms with Crippen LogP contribution in [-0.4, -0.2) is 41.2 Å². The lowest BCUT2D eigenvalue weighted by molar-refractivity contribution is -0.126. The van der Waals surface area contributed by atoms with E-state index in [1.807, 2.05) is 18.2 Å². The van der Waals surface area contributed by atoms with Crippen LogP contribution in [0.4, 0.5) is 0 Å². The average Bonchev–Trinajstić information content (AvgIpc) is 2.83. The van der Waals surface area contributed by atoms with E-state index in [-0.39, 0.29) is 17.0 Å². The van der Waals surface area contributed by atoms with Crippen LogP contribution in [0.1, 0.15) is 27.2 Å². The molecule has 0 bridgehead atoms. The number of halogens is 1. The van der Waals surface area contributed by atoms with Crippen molar-refractivity contribution in [3.05, 3.63) is 30.3 Å². The van der Waals surface area contributed by atoms with E-state index in [0.717, 1.165) is 4.31 Å². The highest BCUT2D eigenvalue weighted by molar-refractivity contribution is 8.12. The summed E-state index contributed by atoms with van der Waals surface area (Å²) in [4.78, 5) is 12.7. The number of carbonyl (C=O) groups excluding carboxylic acids is 1. The highest BCUT2D eigenvalue weighted by Gasteiger charge is 2.55. The summed E-state index contributed by atoms with van der Waals surface area (Å²) < 4.78 is 31.7. The molecule has 27 heavy (non-hydrogen) atoms. The number of nitrogens with zero attached hydrogens (tertiary/aromatic N) is 1. The van der Waals surface area contributed by atoms with Gasteiger partial charge in [0.25, 0.3) is 0 Å². The summed E-state index contributed by atoms with van der Waals surface area (Å²) in [5.74, 6) is -0.477. The first kappa shape index (κ1) is 22.6. The molecule has 0 saturated carbocycles. The van der Waals surface area contributed by atoms with Crippen molar-refractivity contribution < 1.29 is 17.6 Å². The molecule has 0 N–H and O–H groups in total. The number of amides is 1. The molecule has 1 fully saturated rings. The van der Waals surface area contributed by atoms with Crippen LogP contribution < -0.4 is 5.19 Å². The summed E-state index contributed by atoms with van der Waals surface area (Å²) >= 11 is 0. The summed E-state index contributed by atoms with van der Waals surface area (Å²) in [5.41, 5.74) is -0.199. The number of hydrogen-bond acceptors (Lipinski definition) is 4. The minimum atomic E-state index is -4.22. The van der Waals surface area contributed by atoms with E-state index in [1.165, 1.54) is 5.19 Å². The molecular weight excluding hydrogens is 418 g/mol. The van der Waals surface area contributed by atoms with E-state index in [1.54, 1.807) is 0 Å². The third kappa shape index (κ3) is 4.50. The molecule has 0 radical (unpaired) electrons. The van der Waals surface area contributed by atoms with Gasteiger partial charge in [0.05, 0.1) is 8.07 Å². The molecule has 0 spiro atoms. The molecule has 1 amide bonds. The second-order valence-electron chi connectivity index (χ2n) is 9.30. The van der Waals surface area contributed by atoms with Gasteiger partial charge in [-0.2, -0.15) is 12.7 Å². The molecule has 2 rings (SSSR count). The van der Waals surface area contributed by atoms with E-state index in [4.69, 9.17) is 15.1 Å². The van der Waals surface area contributed by atoms with Crippen LogP contribution >= 0.6 is 10.7 Å². The fourth-order valence-electron chi connectivity index (χ4n) is 3.23. The quantitative estimate of drug-likeness (QED) is 0.504. The summed E-state index contributed by atoms with van der Waals surface area (Å²) in [7, 11) is -3.11. The predicted molar refractivity (Wildman–Crippen MR) is 116 cm³/mol. The molecule has 1 heterocycles. The number of rotatable bonds is 5. The van der Waals surface area contributed by atoms with E-state index < -0.39 is 37.8 Å². The van der Waals surface area contributed by atoms with Gasteiger partial charge >= 0.3 is 9.24 Å². The SMILES string of the molecule is CC(C)(C)[Si](C)(C)O[C@H]1[C@H]([Si](C)(C)c2ccccc2)CC(=O)N1S(=O)(=O)Cl. The Morgan fingerprint density at radius 3 is 2.07 bits per heavy atom. The summed E-state index contributed by atoms with van der Waals surface area (Å²) in [5, 5.41) is 1.05. The zero-order valence-electron chi connectivity index (χ0n) is 17.1. The minimum absolute atomic E-state index is 0.122. The summed E-state index contributed by atoms with van der Waals surface area (Å²) in [6, 6.07) is 10.0. The Labute approximate surface area is 169 Å². The third-order valence-corrected chi connectivity index (χ3v) is 16.1. The second kappa shape index (κ2) is 7.29. The van der Waals surface area contributed by atoms with Gasteiger partial charge in [-0.15, -0.1) is 0 Å². The number of carbonyl (C=O) groups is 1. The van der Waals surface area contributed by atoms with Gasteiger partial charge in [-0.05, 0) is 18.1 Å². The molecule has 1 saturated heterocycles. The van der Waals surface area contributed by atoms with Crippen molar-refractivity contribution in [2.24, 2.45) is 0 Å². The lowest BCUT2D eigenvalue weighted by Crippen LogP contribution is -2.55. The van der Waals surface area contributed by atoms with Gasteiger partial charge in [-0.25, -0.2) is 0 Å². The summed E-state index contributed by atoms with van der Waals surface area (Å²) in [6.45, 7) is 14.7. The Kier molecular flexibility index (Phi) is 6.11. The van der Waals surface area contributed by atoms with Crippen LogP contribution in [0, 0.1) is 0 Å². The normalized spacial score (nSPS) is 22.4. The van der Waals surface area contributed by atoms with Crippen LogP contribution in [0.5, 0.6) is 0 Å². The summed E-state index contributed by atoms with van der Waals surface area (Å²) in [6.07, 6.45) is -0.706. The average molecular weight is 448 g/mol. The monoisotopic (exact) mass is 447 g/mol. The molecule has 0 unspecified atom stereocenters. The predicted octanol–water partition coefficient (Wildman–Crippen LogP) is 4.04. The van der Waals surface area contributed by atoms with Crippen molar-refractivity contribution in [1.29, 1.82) is 0 Å².